The number of benzene rings is 1. The summed E-state index contributed by atoms with van der Waals surface area (Å²) >= 11 is 0. The third-order valence-electron chi connectivity index (χ3n) is 11.3. The molecule has 47 heavy (non-hydrogen) atoms. The van der Waals surface area contributed by atoms with Gasteiger partial charge in [0.05, 0.1) is 43.0 Å². The summed E-state index contributed by atoms with van der Waals surface area (Å²) in [5, 5.41) is 9.65. The van der Waals surface area contributed by atoms with E-state index in [0.29, 0.717) is 43.4 Å². The molecule has 3 fully saturated rings. The molecule has 8 rings (SSSR count). The Kier molecular flexibility index (Phi) is 7.17. The number of hydrogen-bond acceptors (Lipinski definition) is 8. The highest BCUT2D eigenvalue weighted by atomic mass is 19.1. The molecule has 1 aromatic heterocycles. The summed E-state index contributed by atoms with van der Waals surface area (Å²) in [6.45, 7) is 5.18. The summed E-state index contributed by atoms with van der Waals surface area (Å²) in [6, 6.07) is 7.20. The first kappa shape index (κ1) is 30.1. The second kappa shape index (κ2) is 11.2. The van der Waals surface area contributed by atoms with Crippen molar-refractivity contribution in [3.8, 4) is 11.9 Å². The van der Waals surface area contributed by atoms with E-state index in [1.165, 1.54) is 33.0 Å². The van der Waals surface area contributed by atoms with Gasteiger partial charge >= 0.3 is 0 Å². The lowest BCUT2D eigenvalue weighted by Gasteiger charge is -2.51. The Morgan fingerprint density at radius 1 is 1.17 bits per heavy atom. The van der Waals surface area contributed by atoms with Gasteiger partial charge in [0, 0.05) is 44.0 Å². The van der Waals surface area contributed by atoms with Crippen molar-refractivity contribution >= 4 is 28.9 Å². The molecule has 2 saturated heterocycles. The highest BCUT2D eigenvalue weighted by Crippen LogP contribution is 2.59. The third-order valence-corrected chi connectivity index (χ3v) is 11.3. The zero-order chi connectivity index (χ0) is 32.7. The molecule has 1 aromatic carbocycles. The number of nitriles is 1. The summed E-state index contributed by atoms with van der Waals surface area (Å²) in [5.74, 6) is -0.579. The molecule has 6 atom stereocenters. The monoisotopic (exact) mass is 643 g/mol. The summed E-state index contributed by atoms with van der Waals surface area (Å²) in [7, 11) is 3.56. The molecule has 1 saturated carbocycles. The van der Waals surface area contributed by atoms with Gasteiger partial charge < -0.3 is 24.3 Å². The summed E-state index contributed by atoms with van der Waals surface area (Å²) < 4.78 is 34.8. The fourth-order valence-corrected chi connectivity index (χ4v) is 8.78. The van der Waals surface area contributed by atoms with E-state index in [1.807, 2.05) is 16.8 Å². The van der Waals surface area contributed by atoms with Crippen LogP contribution in [0.15, 0.2) is 30.6 Å². The smallest absolute Gasteiger partial charge is 0.282 e. The molecule has 10 nitrogen and oxygen atoms in total. The van der Waals surface area contributed by atoms with Gasteiger partial charge in [-0.05, 0) is 61.8 Å². The molecule has 0 bridgehead atoms. The average Bonchev–Trinajstić information content (AvgIpc) is 3.60. The number of carbonyl (C=O) groups is 2. The topological polar surface area (TPSA) is 96.3 Å². The van der Waals surface area contributed by atoms with Crippen molar-refractivity contribution in [2.75, 3.05) is 61.6 Å². The molecule has 0 radical (unpaired) electrons. The molecule has 0 spiro atoms. The molecule has 0 N–H and O–H groups in total. The van der Waals surface area contributed by atoms with Crippen LogP contribution in [0.4, 0.5) is 25.8 Å². The van der Waals surface area contributed by atoms with Gasteiger partial charge in [-0.15, -0.1) is 0 Å². The molecule has 2 aromatic rings. The SMILES string of the molecule is C=C(F)C(=O)N1CC2C(=O)N(C)c3c(OC[C@@H]4C[C@@H](F)CN4C)nc4c(c3N2C[C@@H]1CC#N)CCN(c1cccc2c1C1CC1C2)C4. The summed E-state index contributed by atoms with van der Waals surface area (Å²) in [6.07, 6.45) is 2.49. The first-order chi connectivity index (χ1) is 22.6. The van der Waals surface area contributed by atoms with E-state index in [-0.39, 0.29) is 38.1 Å². The standard InChI is InChI=1S/C35H39F2N7O3/c1-19(36)34(45)43-17-29-35(46)41(3)32-31(44(29)15-23(43)7-9-38)25-8-10-42(28-6-4-5-20-11-21-12-26(21)30(20)28)16-27(25)39-33(32)47-18-24-13-22(37)14-40(24)2/h4-6,21-24,26,29H,1,7-8,10-18H2,2-3H3/t21?,22-,23+,24+,26?,29?/m1/s1. The van der Waals surface area contributed by atoms with E-state index < -0.39 is 30.0 Å². The number of hydrogen-bond donors (Lipinski definition) is 0. The number of likely N-dealkylation sites (tertiary alicyclic amines) is 1. The van der Waals surface area contributed by atoms with Gasteiger partial charge in [0.15, 0.2) is 5.83 Å². The molecule has 246 valence electrons. The van der Waals surface area contributed by atoms with Crippen molar-refractivity contribution < 1.29 is 23.1 Å². The molecule has 12 heteroatoms. The zero-order valence-electron chi connectivity index (χ0n) is 26.8. The number of likely N-dealkylation sites (N-methyl/N-ethyl adjacent to an activating group) is 2. The number of piperazine rings is 1. The quantitative estimate of drug-likeness (QED) is 0.442. The maximum Gasteiger partial charge on any atom is 0.282 e. The zero-order valence-corrected chi connectivity index (χ0v) is 26.8. The first-order valence-corrected chi connectivity index (χ1v) is 16.6. The number of carbonyl (C=O) groups excluding carboxylic acids is 2. The minimum absolute atomic E-state index is 0.0221. The number of rotatable bonds is 6. The minimum atomic E-state index is -1.12. The highest BCUT2D eigenvalue weighted by molar-refractivity contribution is 6.08. The highest BCUT2D eigenvalue weighted by Gasteiger charge is 2.49. The van der Waals surface area contributed by atoms with Gasteiger partial charge in [-0.2, -0.15) is 5.26 Å². The van der Waals surface area contributed by atoms with E-state index in [2.05, 4.69) is 35.7 Å². The van der Waals surface area contributed by atoms with E-state index >= 15 is 0 Å². The Balaban J connectivity index is 1.21. The lowest BCUT2D eigenvalue weighted by atomic mass is 9.92. The Morgan fingerprint density at radius 3 is 2.74 bits per heavy atom. The van der Waals surface area contributed by atoms with Crippen LogP contribution >= 0.6 is 0 Å². The number of pyridine rings is 1. The van der Waals surface area contributed by atoms with Crippen LogP contribution in [0.3, 0.4) is 0 Å². The van der Waals surface area contributed by atoms with Crippen molar-refractivity contribution in [3.05, 3.63) is 53.0 Å². The maximum absolute atomic E-state index is 14.3. The van der Waals surface area contributed by atoms with E-state index in [0.717, 1.165) is 35.8 Å². The Hall–Kier alpha value is -4.24. The molecular formula is C35H39F2N7O3. The van der Waals surface area contributed by atoms with Crippen LogP contribution in [0.2, 0.25) is 0 Å². The molecular weight excluding hydrogens is 604 g/mol. The fraction of sp³-hybridized carbons (Fsp3) is 0.543. The predicted octanol–water partition coefficient (Wildman–Crippen LogP) is 3.48. The fourth-order valence-electron chi connectivity index (χ4n) is 8.78. The van der Waals surface area contributed by atoms with Crippen LogP contribution in [0, 0.1) is 17.2 Å². The molecule has 6 aliphatic rings. The third kappa shape index (κ3) is 4.84. The van der Waals surface area contributed by atoms with Gasteiger partial charge in [0.25, 0.3) is 11.8 Å². The van der Waals surface area contributed by atoms with E-state index in [9.17, 15) is 23.6 Å². The van der Waals surface area contributed by atoms with Crippen LogP contribution in [-0.2, 0) is 29.0 Å². The van der Waals surface area contributed by atoms with Crippen LogP contribution in [0.1, 0.15) is 47.6 Å². The predicted molar refractivity (Wildman–Crippen MR) is 172 cm³/mol. The van der Waals surface area contributed by atoms with Crippen molar-refractivity contribution in [1.82, 2.24) is 14.8 Å². The lowest BCUT2D eigenvalue weighted by Crippen LogP contribution is -2.66. The van der Waals surface area contributed by atoms with Crippen molar-refractivity contribution in [2.24, 2.45) is 5.92 Å². The lowest BCUT2D eigenvalue weighted by molar-refractivity contribution is -0.133. The minimum Gasteiger partial charge on any atom is -0.474 e. The Bertz CT molecular complexity index is 1730. The number of anilines is 3. The number of alkyl halides is 1. The van der Waals surface area contributed by atoms with Crippen LogP contribution in [0.5, 0.6) is 5.88 Å². The van der Waals surface area contributed by atoms with E-state index in [1.54, 1.807) is 7.05 Å². The van der Waals surface area contributed by atoms with Crippen LogP contribution < -0.4 is 19.4 Å². The number of amides is 2. The molecule has 2 amide bonds. The van der Waals surface area contributed by atoms with Crippen molar-refractivity contribution in [3.63, 3.8) is 0 Å². The Labute approximate surface area is 273 Å². The average molecular weight is 644 g/mol. The number of aromatic nitrogens is 1. The number of halogens is 2. The van der Waals surface area contributed by atoms with Crippen molar-refractivity contribution in [1.29, 1.82) is 5.26 Å². The molecule has 2 aliphatic carbocycles. The van der Waals surface area contributed by atoms with Crippen molar-refractivity contribution in [2.45, 2.75) is 68.9 Å². The van der Waals surface area contributed by atoms with Gasteiger partial charge in [-0.1, -0.05) is 18.7 Å². The normalized spacial score (nSPS) is 29.0. The summed E-state index contributed by atoms with van der Waals surface area (Å²) in [4.78, 5) is 41.1. The van der Waals surface area contributed by atoms with Crippen LogP contribution in [0.25, 0.3) is 0 Å². The first-order valence-electron chi connectivity index (χ1n) is 16.6. The number of nitrogens with zero attached hydrogens (tertiary/aromatic N) is 7. The molecule has 3 unspecified atom stereocenters. The largest absolute Gasteiger partial charge is 0.474 e. The molecule has 5 heterocycles. The number of ether oxygens (including phenoxy) is 1. The van der Waals surface area contributed by atoms with E-state index in [4.69, 9.17) is 9.72 Å². The summed E-state index contributed by atoms with van der Waals surface area (Å²) in [5.41, 5.74) is 7.40. The van der Waals surface area contributed by atoms with Gasteiger partial charge in [-0.3, -0.25) is 14.5 Å². The van der Waals surface area contributed by atoms with Gasteiger partial charge in [0.1, 0.15) is 24.5 Å². The Morgan fingerprint density at radius 2 is 2.00 bits per heavy atom. The second-order valence-electron chi connectivity index (χ2n) is 14.0. The number of fused-ring (bicyclic) bond motifs is 8. The maximum atomic E-state index is 14.3. The van der Waals surface area contributed by atoms with Crippen LogP contribution in [-0.4, -0.2) is 97.8 Å². The second-order valence-corrected chi connectivity index (χ2v) is 14.0. The molecule has 4 aliphatic heterocycles. The van der Waals surface area contributed by atoms with Gasteiger partial charge in [0.2, 0.25) is 5.88 Å². The van der Waals surface area contributed by atoms with Gasteiger partial charge in [-0.25, -0.2) is 13.8 Å².